The van der Waals surface area contributed by atoms with Gasteiger partial charge in [-0.25, -0.2) is 0 Å². The molecule has 0 amide bonds. The maximum Gasteiger partial charge on any atom is 0.0504 e. The molecule has 76 valence electrons. The maximum atomic E-state index is 2.53. The summed E-state index contributed by atoms with van der Waals surface area (Å²) in [5, 5.41) is 0. The van der Waals surface area contributed by atoms with E-state index in [1.807, 2.05) is 0 Å². The van der Waals surface area contributed by atoms with Gasteiger partial charge in [-0.05, 0) is 66.5 Å². The summed E-state index contributed by atoms with van der Waals surface area (Å²) in [6.07, 6.45) is 4.10. The van der Waals surface area contributed by atoms with Crippen molar-refractivity contribution in [3.05, 3.63) is 27.3 Å². The van der Waals surface area contributed by atoms with Crippen LogP contribution in [0, 0.1) is 10.5 Å². The summed E-state index contributed by atoms with van der Waals surface area (Å²) in [7, 11) is 0. The van der Waals surface area contributed by atoms with Gasteiger partial charge in [0.1, 0.15) is 0 Å². The van der Waals surface area contributed by atoms with Gasteiger partial charge in [0.05, 0.1) is 5.69 Å². The van der Waals surface area contributed by atoms with Gasteiger partial charge in [0.25, 0.3) is 0 Å². The summed E-state index contributed by atoms with van der Waals surface area (Å²) >= 11 is 2.44. The maximum absolute atomic E-state index is 2.53. The molecule has 2 rings (SSSR count). The molecule has 2 heteroatoms. The minimum absolute atomic E-state index is 1.24. The Hall–Kier alpha value is -0.250. The van der Waals surface area contributed by atoms with E-state index in [-0.39, 0.29) is 0 Å². The topological polar surface area (TPSA) is 3.24 Å². The fourth-order valence-corrected chi connectivity index (χ4v) is 2.68. The van der Waals surface area contributed by atoms with Gasteiger partial charge in [-0.3, -0.25) is 0 Å². The molecule has 0 spiro atoms. The van der Waals surface area contributed by atoms with E-state index in [4.69, 9.17) is 0 Å². The van der Waals surface area contributed by atoms with Crippen molar-refractivity contribution >= 4 is 28.3 Å². The fourth-order valence-electron chi connectivity index (χ4n) is 2.00. The molecule has 14 heavy (non-hydrogen) atoms. The van der Waals surface area contributed by atoms with Crippen LogP contribution in [0.15, 0.2) is 18.2 Å². The number of aryl methyl sites for hydroxylation is 1. The molecule has 1 aliphatic heterocycles. The van der Waals surface area contributed by atoms with E-state index in [2.05, 4.69) is 52.6 Å². The number of piperidine rings is 1. The first-order chi connectivity index (χ1) is 6.77. The molecule has 1 aliphatic rings. The Morgan fingerprint density at radius 2 is 1.86 bits per heavy atom. The van der Waals surface area contributed by atoms with Crippen LogP contribution in [-0.2, 0) is 0 Å². The molecule has 1 fully saturated rings. The average Bonchev–Trinajstić information content (AvgIpc) is 2.23. The van der Waals surface area contributed by atoms with Crippen LogP contribution >= 0.6 is 22.6 Å². The number of rotatable bonds is 1. The minimum Gasteiger partial charge on any atom is -0.371 e. The molecule has 1 aromatic rings. The lowest BCUT2D eigenvalue weighted by molar-refractivity contribution is 0.577. The van der Waals surface area contributed by atoms with Gasteiger partial charge in [-0.1, -0.05) is 6.07 Å². The van der Waals surface area contributed by atoms with E-state index in [9.17, 15) is 0 Å². The lowest BCUT2D eigenvalue weighted by atomic mass is 10.1. The van der Waals surface area contributed by atoms with Gasteiger partial charge in [-0.2, -0.15) is 0 Å². The molecule has 0 N–H and O–H groups in total. The molecule has 1 saturated heterocycles. The number of halogens is 1. The Morgan fingerprint density at radius 1 is 1.14 bits per heavy atom. The Balaban J connectivity index is 2.24. The lowest BCUT2D eigenvalue weighted by Gasteiger charge is -2.29. The van der Waals surface area contributed by atoms with Gasteiger partial charge in [0.15, 0.2) is 0 Å². The summed E-state index contributed by atoms with van der Waals surface area (Å²) in [6.45, 7) is 4.64. The van der Waals surface area contributed by atoms with E-state index in [1.165, 1.54) is 47.2 Å². The number of benzene rings is 1. The first-order valence-electron chi connectivity index (χ1n) is 5.28. The Labute approximate surface area is 99.6 Å². The van der Waals surface area contributed by atoms with Crippen LogP contribution < -0.4 is 4.90 Å². The SMILES string of the molecule is Cc1ccc(I)c(N2CCCCC2)c1. The van der Waals surface area contributed by atoms with E-state index in [0.29, 0.717) is 0 Å². The van der Waals surface area contributed by atoms with E-state index in [1.54, 1.807) is 0 Å². The molecule has 0 saturated carbocycles. The average molecular weight is 301 g/mol. The molecule has 1 aromatic carbocycles. The molecule has 0 aliphatic carbocycles. The van der Waals surface area contributed by atoms with Crippen LogP contribution in [0.2, 0.25) is 0 Å². The zero-order valence-electron chi connectivity index (χ0n) is 8.59. The molecule has 1 nitrogen and oxygen atoms in total. The van der Waals surface area contributed by atoms with Crippen LogP contribution in [0.3, 0.4) is 0 Å². The summed E-state index contributed by atoms with van der Waals surface area (Å²) in [6, 6.07) is 6.72. The zero-order chi connectivity index (χ0) is 9.97. The summed E-state index contributed by atoms with van der Waals surface area (Å²) in [5.41, 5.74) is 2.80. The first kappa shape index (κ1) is 10.3. The minimum atomic E-state index is 1.24. The molecular formula is C12H16IN. The van der Waals surface area contributed by atoms with E-state index < -0.39 is 0 Å². The van der Waals surface area contributed by atoms with Gasteiger partial charge in [0.2, 0.25) is 0 Å². The predicted molar refractivity (Wildman–Crippen MR) is 70.0 cm³/mol. The van der Waals surface area contributed by atoms with Crippen molar-refractivity contribution in [3.63, 3.8) is 0 Å². The van der Waals surface area contributed by atoms with E-state index >= 15 is 0 Å². The Morgan fingerprint density at radius 3 is 2.57 bits per heavy atom. The van der Waals surface area contributed by atoms with Crippen molar-refractivity contribution in [2.45, 2.75) is 26.2 Å². The molecule has 1 heterocycles. The van der Waals surface area contributed by atoms with Crippen LogP contribution in [0.25, 0.3) is 0 Å². The standard InChI is InChI=1S/C12H16IN/c1-10-5-6-11(13)12(9-10)14-7-3-2-4-8-14/h5-6,9H,2-4,7-8H2,1H3. The molecule has 0 aromatic heterocycles. The third-order valence-electron chi connectivity index (χ3n) is 2.80. The second-order valence-electron chi connectivity index (χ2n) is 4.00. The quantitative estimate of drug-likeness (QED) is 0.717. The van der Waals surface area contributed by atoms with Crippen LogP contribution in [0.1, 0.15) is 24.8 Å². The number of hydrogen-bond donors (Lipinski definition) is 0. The number of anilines is 1. The third kappa shape index (κ3) is 2.22. The normalized spacial score (nSPS) is 17.1. The monoisotopic (exact) mass is 301 g/mol. The molecular weight excluding hydrogens is 285 g/mol. The first-order valence-corrected chi connectivity index (χ1v) is 6.36. The smallest absolute Gasteiger partial charge is 0.0504 e. The van der Waals surface area contributed by atoms with Crippen molar-refractivity contribution in [1.29, 1.82) is 0 Å². The van der Waals surface area contributed by atoms with Crippen LogP contribution in [0.4, 0.5) is 5.69 Å². The highest BCUT2D eigenvalue weighted by molar-refractivity contribution is 14.1. The summed E-state index contributed by atoms with van der Waals surface area (Å²) in [4.78, 5) is 2.53. The zero-order valence-corrected chi connectivity index (χ0v) is 10.8. The summed E-state index contributed by atoms with van der Waals surface area (Å²) < 4.78 is 1.38. The molecule has 0 bridgehead atoms. The highest BCUT2D eigenvalue weighted by Crippen LogP contribution is 2.26. The second kappa shape index (κ2) is 4.51. The van der Waals surface area contributed by atoms with Crippen LogP contribution in [0.5, 0.6) is 0 Å². The lowest BCUT2D eigenvalue weighted by Crippen LogP contribution is -2.30. The second-order valence-corrected chi connectivity index (χ2v) is 5.16. The molecule has 0 atom stereocenters. The van der Waals surface area contributed by atoms with Gasteiger partial charge < -0.3 is 4.90 Å². The van der Waals surface area contributed by atoms with Gasteiger partial charge in [0, 0.05) is 16.7 Å². The van der Waals surface area contributed by atoms with Crippen molar-refractivity contribution in [3.8, 4) is 0 Å². The van der Waals surface area contributed by atoms with Gasteiger partial charge in [-0.15, -0.1) is 0 Å². The highest BCUT2D eigenvalue weighted by atomic mass is 127. The van der Waals surface area contributed by atoms with Crippen molar-refractivity contribution in [1.82, 2.24) is 0 Å². The largest absolute Gasteiger partial charge is 0.371 e. The Bertz CT molecular complexity index is 316. The number of hydrogen-bond acceptors (Lipinski definition) is 1. The van der Waals surface area contributed by atoms with E-state index in [0.717, 1.165) is 0 Å². The predicted octanol–water partition coefficient (Wildman–Crippen LogP) is 3.59. The molecule has 0 radical (unpaired) electrons. The summed E-state index contributed by atoms with van der Waals surface area (Å²) in [5.74, 6) is 0. The number of nitrogens with zero attached hydrogens (tertiary/aromatic N) is 1. The Kier molecular flexibility index (Phi) is 3.31. The third-order valence-corrected chi connectivity index (χ3v) is 3.71. The van der Waals surface area contributed by atoms with Crippen molar-refractivity contribution < 1.29 is 0 Å². The highest BCUT2D eigenvalue weighted by Gasteiger charge is 2.13. The van der Waals surface area contributed by atoms with Crippen LogP contribution in [-0.4, -0.2) is 13.1 Å². The van der Waals surface area contributed by atoms with Crippen molar-refractivity contribution in [2.75, 3.05) is 18.0 Å². The van der Waals surface area contributed by atoms with Gasteiger partial charge >= 0.3 is 0 Å². The van der Waals surface area contributed by atoms with Crippen molar-refractivity contribution in [2.24, 2.45) is 0 Å². The molecule has 0 unspecified atom stereocenters. The fraction of sp³-hybridized carbons (Fsp3) is 0.500.